The molecule has 0 aliphatic heterocycles. The van der Waals surface area contributed by atoms with Crippen LogP contribution in [0.4, 0.5) is 0 Å². The molecule has 0 unspecified atom stereocenters. The van der Waals surface area contributed by atoms with Crippen molar-refractivity contribution in [1.29, 1.82) is 0 Å². The van der Waals surface area contributed by atoms with E-state index in [-0.39, 0.29) is 22.6 Å². The zero-order valence-corrected chi connectivity index (χ0v) is 14.7. The minimum absolute atomic E-state index is 0.106. The first-order chi connectivity index (χ1) is 12.1. The third-order valence-corrected chi connectivity index (χ3v) is 4.15. The smallest absolute Gasteiger partial charge is 0.200 e. The van der Waals surface area contributed by atoms with Crippen LogP contribution < -0.4 is 4.74 Å². The number of unbranched alkanes of at least 4 members (excludes halogenated alkanes) is 5. The molecule has 25 heavy (non-hydrogen) atoms. The van der Waals surface area contributed by atoms with Crippen molar-refractivity contribution in [1.82, 2.24) is 0 Å². The molecule has 2 rings (SSSR count). The van der Waals surface area contributed by atoms with E-state index in [0.717, 1.165) is 12.8 Å². The van der Waals surface area contributed by atoms with Gasteiger partial charge >= 0.3 is 0 Å². The van der Waals surface area contributed by atoms with Gasteiger partial charge in [0.2, 0.25) is 5.78 Å². The monoisotopic (exact) mass is 342 g/mol. The lowest BCUT2D eigenvalue weighted by Crippen LogP contribution is -2.04. The summed E-state index contributed by atoms with van der Waals surface area (Å²) >= 11 is 0. The van der Waals surface area contributed by atoms with Crippen LogP contribution in [0, 0.1) is 0 Å². The van der Waals surface area contributed by atoms with Gasteiger partial charge in [-0.05, 0) is 30.7 Å². The molecule has 0 amide bonds. The van der Waals surface area contributed by atoms with Gasteiger partial charge in [0.25, 0.3) is 0 Å². The molecule has 0 aliphatic carbocycles. The third-order valence-electron chi connectivity index (χ3n) is 4.15. The Labute approximate surface area is 149 Å². The van der Waals surface area contributed by atoms with E-state index in [1.807, 2.05) is 0 Å². The number of benzene rings is 2. The summed E-state index contributed by atoms with van der Waals surface area (Å²) in [6.07, 6.45) is 6.93. The van der Waals surface area contributed by atoms with Crippen LogP contribution >= 0.6 is 0 Å². The molecule has 0 aromatic heterocycles. The lowest BCUT2D eigenvalue weighted by molar-refractivity contribution is 0.103. The zero-order valence-electron chi connectivity index (χ0n) is 14.7. The first-order valence-electron chi connectivity index (χ1n) is 8.92. The van der Waals surface area contributed by atoms with Crippen molar-refractivity contribution in [2.75, 3.05) is 6.61 Å². The lowest BCUT2D eigenvalue weighted by atomic mass is 10.0. The van der Waals surface area contributed by atoms with Gasteiger partial charge in [0, 0.05) is 0 Å². The molecule has 0 atom stereocenters. The van der Waals surface area contributed by atoms with E-state index < -0.39 is 5.78 Å². The van der Waals surface area contributed by atoms with E-state index >= 15 is 0 Å². The summed E-state index contributed by atoms with van der Waals surface area (Å²) in [6.45, 7) is 2.70. The molecular formula is C21H26O4. The minimum Gasteiger partial charge on any atom is -0.507 e. The quantitative estimate of drug-likeness (QED) is 0.467. The molecule has 0 aliphatic rings. The van der Waals surface area contributed by atoms with Gasteiger partial charge in [-0.15, -0.1) is 0 Å². The molecule has 0 fully saturated rings. The Morgan fingerprint density at radius 3 is 2.32 bits per heavy atom. The predicted octanol–water partition coefficient (Wildman–Crippen LogP) is 5.07. The molecule has 4 nitrogen and oxygen atoms in total. The normalized spacial score (nSPS) is 10.6. The molecule has 0 spiro atoms. The Kier molecular flexibility index (Phi) is 7.33. The molecule has 0 saturated heterocycles. The Morgan fingerprint density at radius 1 is 0.880 bits per heavy atom. The molecule has 0 heterocycles. The van der Waals surface area contributed by atoms with E-state index in [4.69, 9.17) is 4.74 Å². The van der Waals surface area contributed by atoms with Gasteiger partial charge in [-0.1, -0.05) is 57.2 Å². The van der Waals surface area contributed by atoms with Crippen LogP contribution in [0.15, 0.2) is 42.5 Å². The van der Waals surface area contributed by atoms with Crippen molar-refractivity contribution in [3.05, 3.63) is 53.6 Å². The first-order valence-corrected chi connectivity index (χ1v) is 8.92. The number of ether oxygens (including phenoxy) is 1. The van der Waals surface area contributed by atoms with Crippen LogP contribution in [-0.2, 0) is 0 Å². The Balaban J connectivity index is 1.98. The molecule has 0 radical (unpaired) electrons. The number of para-hydroxylation sites is 2. The van der Waals surface area contributed by atoms with Gasteiger partial charge in [0.15, 0.2) is 11.5 Å². The van der Waals surface area contributed by atoms with Crippen LogP contribution in [-0.4, -0.2) is 22.6 Å². The molecule has 134 valence electrons. The van der Waals surface area contributed by atoms with Crippen LogP contribution in [0.25, 0.3) is 0 Å². The largest absolute Gasteiger partial charge is 0.507 e. The zero-order chi connectivity index (χ0) is 18.1. The van der Waals surface area contributed by atoms with Crippen LogP contribution in [0.3, 0.4) is 0 Å². The highest BCUT2D eigenvalue weighted by atomic mass is 16.5. The van der Waals surface area contributed by atoms with Crippen molar-refractivity contribution >= 4 is 5.78 Å². The van der Waals surface area contributed by atoms with Crippen molar-refractivity contribution in [2.24, 2.45) is 0 Å². The van der Waals surface area contributed by atoms with Gasteiger partial charge < -0.3 is 14.9 Å². The Morgan fingerprint density at radius 2 is 1.56 bits per heavy atom. The van der Waals surface area contributed by atoms with Crippen LogP contribution in [0.1, 0.15) is 61.4 Å². The van der Waals surface area contributed by atoms with E-state index in [1.165, 1.54) is 43.9 Å². The summed E-state index contributed by atoms with van der Waals surface area (Å²) < 4.78 is 5.64. The summed E-state index contributed by atoms with van der Waals surface area (Å²) in [7, 11) is 0. The van der Waals surface area contributed by atoms with Crippen molar-refractivity contribution < 1.29 is 19.7 Å². The number of ketones is 1. The number of rotatable bonds is 10. The molecule has 2 aromatic rings. The fourth-order valence-corrected chi connectivity index (χ4v) is 2.70. The van der Waals surface area contributed by atoms with Gasteiger partial charge in [0.05, 0.1) is 17.7 Å². The van der Waals surface area contributed by atoms with Crippen molar-refractivity contribution in [3.8, 4) is 17.2 Å². The highest BCUT2D eigenvalue weighted by Crippen LogP contribution is 2.33. The maximum Gasteiger partial charge on any atom is 0.200 e. The molecule has 4 heteroatoms. The maximum absolute atomic E-state index is 12.5. The summed E-state index contributed by atoms with van der Waals surface area (Å²) in [5.41, 5.74) is 0.285. The van der Waals surface area contributed by atoms with Crippen LogP contribution in [0.5, 0.6) is 17.2 Å². The number of phenolic OH excluding ortho intramolecular Hbond substituents is 2. The number of aromatic hydroxyl groups is 2. The lowest BCUT2D eigenvalue weighted by Gasteiger charge is -2.11. The number of carbonyl (C=O) groups is 1. The highest BCUT2D eigenvalue weighted by Gasteiger charge is 2.19. The number of hydrogen-bond donors (Lipinski definition) is 2. The molecule has 2 aromatic carbocycles. The standard InChI is InChI=1S/C21H26O4/c1-2-3-4-5-6-9-15-25-19-14-10-12-17(21(19)24)20(23)16-11-7-8-13-18(16)22/h7-8,10-14,22,24H,2-6,9,15H2,1H3. The van der Waals surface area contributed by atoms with E-state index in [1.54, 1.807) is 24.3 Å². The third kappa shape index (κ3) is 5.24. The second-order valence-corrected chi connectivity index (χ2v) is 6.11. The maximum atomic E-state index is 12.5. The fraction of sp³-hybridized carbons (Fsp3) is 0.381. The summed E-state index contributed by atoms with van der Waals surface area (Å²) in [5.74, 6) is -0.414. The predicted molar refractivity (Wildman–Crippen MR) is 98.5 cm³/mol. The summed E-state index contributed by atoms with van der Waals surface area (Å²) in [4.78, 5) is 12.5. The Bertz CT molecular complexity index is 694. The topological polar surface area (TPSA) is 66.8 Å². The summed E-state index contributed by atoms with van der Waals surface area (Å²) in [6, 6.07) is 11.1. The SMILES string of the molecule is CCCCCCCCOc1cccc(C(=O)c2ccccc2O)c1O. The van der Waals surface area contributed by atoms with Crippen molar-refractivity contribution in [3.63, 3.8) is 0 Å². The molecule has 0 saturated carbocycles. The molecule has 0 bridgehead atoms. The van der Waals surface area contributed by atoms with E-state index in [0.29, 0.717) is 12.4 Å². The average molecular weight is 342 g/mol. The molecular weight excluding hydrogens is 316 g/mol. The van der Waals surface area contributed by atoms with Gasteiger partial charge in [-0.2, -0.15) is 0 Å². The number of carbonyl (C=O) groups excluding carboxylic acids is 1. The second-order valence-electron chi connectivity index (χ2n) is 6.11. The van der Waals surface area contributed by atoms with E-state index in [2.05, 4.69) is 6.92 Å². The number of phenols is 2. The van der Waals surface area contributed by atoms with Gasteiger partial charge in [-0.25, -0.2) is 0 Å². The Hall–Kier alpha value is -2.49. The van der Waals surface area contributed by atoms with Gasteiger partial charge in [0.1, 0.15) is 5.75 Å². The highest BCUT2D eigenvalue weighted by molar-refractivity contribution is 6.12. The van der Waals surface area contributed by atoms with Crippen molar-refractivity contribution in [2.45, 2.75) is 45.4 Å². The second kappa shape index (κ2) is 9.72. The van der Waals surface area contributed by atoms with Crippen LogP contribution in [0.2, 0.25) is 0 Å². The van der Waals surface area contributed by atoms with Gasteiger partial charge in [-0.3, -0.25) is 4.79 Å². The van der Waals surface area contributed by atoms with E-state index in [9.17, 15) is 15.0 Å². The molecule has 2 N–H and O–H groups in total. The average Bonchev–Trinajstić information content (AvgIpc) is 2.62. The summed E-state index contributed by atoms with van der Waals surface area (Å²) in [5, 5.41) is 20.2. The minimum atomic E-state index is -0.430. The first kappa shape index (κ1) is 18.8. The fourth-order valence-electron chi connectivity index (χ4n) is 2.70. The number of hydrogen-bond acceptors (Lipinski definition) is 4.